The van der Waals surface area contributed by atoms with E-state index in [1.165, 1.54) is 0 Å². The Bertz CT molecular complexity index is 1070. The normalized spacial score (nSPS) is 14.9. The van der Waals surface area contributed by atoms with Crippen LogP contribution >= 0.6 is 11.6 Å². The predicted molar refractivity (Wildman–Crippen MR) is 124 cm³/mol. The second-order valence-corrected chi connectivity index (χ2v) is 8.65. The Morgan fingerprint density at radius 3 is 2.55 bits per heavy atom. The molecule has 1 aliphatic rings. The van der Waals surface area contributed by atoms with E-state index in [0.717, 1.165) is 79.1 Å². The molecule has 7 nitrogen and oxygen atoms in total. The summed E-state index contributed by atoms with van der Waals surface area (Å²) in [6, 6.07) is 7.64. The Balaban J connectivity index is 1.58. The predicted octanol–water partition coefficient (Wildman–Crippen LogP) is 4.22. The first kappa shape index (κ1) is 21.6. The van der Waals surface area contributed by atoms with Crippen molar-refractivity contribution in [2.45, 2.75) is 46.5 Å². The molecule has 1 fully saturated rings. The third kappa shape index (κ3) is 4.37. The van der Waals surface area contributed by atoms with E-state index in [9.17, 15) is 4.79 Å². The van der Waals surface area contributed by atoms with Crippen molar-refractivity contribution in [2.24, 2.45) is 5.92 Å². The van der Waals surface area contributed by atoms with E-state index < -0.39 is 0 Å². The second kappa shape index (κ2) is 9.22. The van der Waals surface area contributed by atoms with Gasteiger partial charge in [0.05, 0.1) is 22.5 Å². The summed E-state index contributed by atoms with van der Waals surface area (Å²) in [4.78, 5) is 14.6. The van der Waals surface area contributed by atoms with Gasteiger partial charge in [-0.25, -0.2) is 4.68 Å². The molecule has 4 rings (SSSR count). The summed E-state index contributed by atoms with van der Waals surface area (Å²) in [7, 11) is 0. The lowest BCUT2D eigenvalue weighted by atomic mass is 9.95. The van der Waals surface area contributed by atoms with Gasteiger partial charge in [-0.05, 0) is 57.4 Å². The van der Waals surface area contributed by atoms with Crippen LogP contribution in [-0.4, -0.2) is 45.5 Å². The Kier molecular flexibility index (Phi) is 6.41. The van der Waals surface area contributed by atoms with Crippen LogP contribution in [0.3, 0.4) is 0 Å². The van der Waals surface area contributed by atoms with Crippen LogP contribution in [0.1, 0.15) is 44.0 Å². The van der Waals surface area contributed by atoms with Crippen molar-refractivity contribution in [3.05, 3.63) is 40.7 Å². The van der Waals surface area contributed by atoms with Gasteiger partial charge in [0.2, 0.25) is 5.91 Å². The summed E-state index contributed by atoms with van der Waals surface area (Å²) >= 11 is 6.05. The van der Waals surface area contributed by atoms with Gasteiger partial charge in [0, 0.05) is 30.6 Å². The molecule has 1 aliphatic heterocycles. The zero-order valence-electron chi connectivity index (χ0n) is 18.4. The van der Waals surface area contributed by atoms with Gasteiger partial charge >= 0.3 is 0 Å². The first-order chi connectivity index (χ1) is 15.0. The molecule has 2 aromatic heterocycles. The summed E-state index contributed by atoms with van der Waals surface area (Å²) in [5, 5.41) is 18.6. The molecular formula is C23H29ClN6O. The first-order valence-corrected chi connectivity index (χ1v) is 11.4. The van der Waals surface area contributed by atoms with Crippen molar-refractivity contribution >= 4 is 34.2 Å². The van der Waals surface area contributed by atoms with Gasteiger partial charge in [-0.3, -0.25) is 4.79 Å². The summed E-state index contributed by atoms with van der Waals surface area (Å²) < 4.78 is 1.93. The monoisotopic (exact) mass is 440 g/mol. The third-order valence-electron chi connectivity index (χ3n) is 6.05. The Labute approximate surface area is 187 Å². The molecule has 0 unspecified atom stereocenters. The number of benzene rings is 1. The summed E-state index contributed by atoms with van der Waals surface area (Å²) in [5.74, 6) is 1.03. The van der Waals surface area contributed by atoms with Crippen molar-refractivity contribution in [1.29, 1.82) is 0 Å². The van der Waals surface area contributed by atoms with Crippen LogP contribution in [0.5, 0.6) is 0 Å². The number of nitrogens with one attached hydrogen (secondary N) is 1. The minimum Gasteiger partial charge on any atom is -0.356 e. The van der Waals surface area contributed by atoms with Gasteiger partial charge in [-0.1, -0.05) is 24.9 Å². The number of unbranched alkanes of at least 4 members (excludes halogenated alkanes) is 1. The number of carbonyl (C=O) groups excluding carboxylic acids is 1. The lowest BCUT2D eigenvalue weighted by Gasteiger charge is -2.32. The van der Waals surface area contributed by atoms with E-state index in [-0.39, 0.29) is 11.8 Å². The van der Waals surface area contributed by atoms with E-state index >= 15 is 0 Å². The Hall–Kier alpha value is -2.67. The molecule has 1 saturated heterocycles. The minimum absolute atomic E-state index is 0.0652. The first-order valence-electron chi connectivity index (χ1n) is 11.0. The highest BCUT2D eigenvalue weighted by Crippen LogP contribution is 2.31. The zero-order valence-corrected chi connectivity index (χ0v) is 19.1. The van der Waals surface area contributed by atoms with Gasteiger partial charge in [-0.2, -0.15) is 10.2 Å². The molecule has 3 heterocycles. The molecule has 164 valence electrons. The number of fused-ring (bicyclic) bond motifs is 1. The molecule has 0 spiro atoms. The number of rotatable bonds is 6. The van der Waals surface area contributed by atoms with Crippen molar-refractivity contribution in [2.75, 3.05) is 24.5 Å². The lowest BCUT2D eigenvalue weighted by Crippen LogP contribution is -2.41. The number of carbonyl (C=O) groups is 1. The van der Waals surface area contributed by atoms with Gasteiger partial charge in [0.15, 0.2) is 5.82 Å². The number of hydrogen-bond acceptors (Lipinski definition) is 5. The molecule has 1 aromatic carbocycles. The van der Waals surface area contributed by atoms with Crippen molar-refractivity contribution in [3.8, 4) is 5.69 Å². The average molecular weight is 441 g/mol. The van der Waals surface area contributed by atoms with Crippen molar-refractivity contribution in [3.63, 3.8) is 0 Å². The van der Waals surface area contributed by atoms with Gasteiger partial charge in [0.1, 0.15) is 5.52 Å². The maximum atomic E-state index is 12.4. The second-order valence-electron chi connectivity index (χ2n) is 8.21. The van der Waals surface area contributed by atoms with Crippen molar-refractivity contribution < 1.29 is 4.79 Å². The summed E-state index contributed by atoms with van der Waals surface area (Å²) in [6.07, 6.45) is 3.73. The standard InChI is InChI=1S/C23H29ClN6O/c1-4-5-12-25-23(31)17-10-13-29(14-11-17)22-21-20(15(2)26-27-22)16(3)30(28-21)19-8-6-18(24)7-9-19/h6-9,17H,4-5,10-14H2,1-3H3,(H,25,31). The average Bonchev–Trinajstić information content (AvgIpc) is 3.13. The molecule has 0 aliphatic carbocycles. The molecule has 1 N–H and O–H groups in total. The number of amides is 1. The topological polar surface area (TPSA) is 75.9 Å². The molecule has 31 heavy (non-hydrogen) atoms. The quantitative estimate of drug-likeness (QED) is 0.581. The number of piperidine rings is 1. The van der Waals surface area contributed by atoms with E-state index in [1.54, 1.807) is 0 Å². The molecule has 1 amide bonds. The number of nitrogens with zero attached hydrogens (tertiary/aromatic N) is 5. The molecule has 0 atom stereocenters. The fourth-order valence-electron chi connectivity index (χ4n) is 4.24. The SMILES string of the molecule is CCCCNC(=O)C1CCN(c2nnc(C)c3c(C)n(-c4ccc(Cl)cc4)nc23)CC1. The van der Waals surface area contributed by atoms with E-state index in [0.29, 0.717) is 5.02 Å². The lowest BCUT2D eigenvalue weighted by molar-refractivity contribution is -0.125. The highest BCUT2D eigenvalue weighted by molar-refractivity contribution is 6.30. The van der Waals surface area contributed by atoms with Crippen LogP contribution in [-0.2, 0) is 4.79 Å². The van der Waals surface area contributed by atoms with E-state index in [2.05, 4.69) is 34.3 Å². The number of aromatic nitrogens is 4. The fourth-order valence-corrected chi connectivity index (χ4v) is 4.37. The van der Waals surface area contributed by atoms with E-state index in [1.807, 2.05) is 35.9 Å². The Morgan fingerprint density at radius 1 is 1.16 bits per heavy atom. The van der Waals surface area contributed by atoms with Crippen LogP contribution in [0.15, 0.2) is 24.3 Å². The molecule has 3 aromatic rings. The summed E-state index contributed by atoms with van der Waals surface area (Å²) in [6.45, 7) is 8.45. The fraction of sp³-hybridized carbons (Fsp3) is 0.478. The van der Waals surface area contributed by atoms with Crippen LogP contribution < -0.4 is 10.2 Å². The van der Waals surface area contributed by atoms with Gasteiger partial charge < -0.3 is 10.2 Å². The molecular weight excluding hydrogens is 412 g/mol. The van der Waals surface area contributed by atoms with Crippen LogP contribution in [0.4, 0.5) is 5.82 Å². The van der Waals surface area contributed by atoms with E-state index in [4.69, 9.17) is 16.7 Å². The minimum atomic E-state index is 0.0652. The molecule has 8 heteroatoms. The zero-order chi connectivity index (χ0) is 22.0. The van der Waals surface area contributed by atoms with Crippen molar-refractivity contribution in [1.82, 2.24) is 25.3 Å². The van der Waals surface area contributed by atoms with Crippen LogP contribution in [0.25, 0.3) is 16.6 Å². The highest BCUT2D eigenvalue weighted by Gasteiger charge is 2.28. The molecule has 0 radical (unpaired) electrons. The molecule has 0 bridgehead atoms. The third-order valence-corrected chi connectivity index (χ3v) is 6.30. The largest absolute Gasteiger partial charge is 0.356 e. The van der Waals surface area contributed by atoms with Crippen LogP contribution in [0.2, 0.25) is 5.02 Å². The maximum absolute atomic E-state index is 12.4. The smallest absolute Gasteiger partial charge is 0.223 e. The van der Waals surface area contributed by atoms with Crippen LogP contribution in [0, 0.1) is 19.8 Å². The van der Waals surface area contributed by atoms with Gasteiger partial charge in [0.25, 0.3) is 0 Å². The summed E-state index contributed by atoms with van der Waals surface area (Å²) in [5.41, 5.74) is 3.69. The number of anilines is 1. The number of aryl methyl sites for hydroxylation is 2. The van der Waals surface area contributed by atoms with Gasteiger partial charge in [-0.15, -0.1) is 5.10 Å². The number of halogens is 1. The maximum Gasteiger partial charge on any atom is 0.223 e. The number of hydrogen-bond donors (Lipinski definition) is 1. The molecule has 0 saturated carbocycles. The Morgan fingerprint density at radius 2 is 1.87 bits per heavy atom. The highest BCUT2D eigenvalue weighted by atomic mass is 35.5.